The summed E-state index contributed by atoms with van der Waals surface area (Å²) in [5, 5.41) is 14.3. The van der Waals surface area contributed by atoms with Crippen LogP contribution in [-0.2, 0) is 0 Å². The van der Waals surface area contributed by atoms with Crippen LogP contribution in [0.1, 0.15) is 35.8 Å². The van der Waals surface area contributed by atoms with Crippen LogP contribution in [0.25, 0.3) is 0 Å². The van der Waals surface area contributed by atoms with E-state index in [1.807, 2.05) is 11.8 Å². The Bertz CT molecular complexity index is 510. The zero-order valence-corrected chi connectivity index (χ0v) is 12.1. The summed E-state index contributed by atoms with van der Waals surface area (Å²) in [4.78, 5) is 16.0. The first-order valence-corrected chi connectivity index (χ1v) is 7.39. The molecule has 2 heterocycles. The van der Waals surface area contributed by atoms with Crippen LogP contribution in [0.15, 0.2) is 23.5 Å². The summed E-state index contributed by atoms with van der Waals surface area (Å²) in [7, 11) is 0. The van der Waals surface area contributed by atoms with E-state index in [2.05, 4.69) is 22.4 Å². The highest BCUT2D eigenvalue weighted by atomic mass is 32.2. The maximum absolute atomic E-state index is 12.0. The average Bonchev–Trinajstić information content (AvgIpc) is 2.91. The molecule has 1 fully saturated rings. The van der Waals surface area contributed by atoms with E-state index in [0.717, 1.165) is 12.2 Å². The van der Waals surface area contributed by atoms with Gasteiger partial charge in [-0.25, -0.2) is 0 Å². The summed E-state index contributed by atoms with van der Waals surface area (Å²) < 4.78 is 0.129. The Kier molecular flexibility index (Phi) is 4.49. The second-order valence-electron chi connectivity index (χ2n) is 5.00. The minimum atomic E-state index is -0.204. The van der Waals surface area contributed by atoms with Crippen LogP contribution >= 0.6 is 11.8 Å². The number of nitrogens with one attached hydrogen (secondary N) is 1. The molecule has 20 heavy (non-hydrogen) atoms. The van der Waals surface area contributed by atoms with Gasteiger partial charge in [-0.1, -0.05) is 5.16 Å². The van der Waals surface area contributed by atoms with Crippen molar-refractivity contribution in [3.05, 3.63) is 29.6 Å². The Morgan fingerprint density at radius 2 is 2.45 bits per heavy atom. The van der Waals surface area contributed by atoms with Crippen LogP contribution < -0.4 is 11.1 Å². The van der Waals surface area contributed by atoms with Crippen molar-refractivity contribution >= 4 is 23.5 Å². The number of amides is 1. The van der Waals surface area contributed by atoms with Gasteiger partial charge < -0.3 is 16.3 Å². The zero-order chi connectivity index (χ0) is 14.6. The number of hydrogen-bond donors (Lipinski definition) is 3. The van der Waals surface area contributed by atoms with Gasteiger partial charge in [-0.15, -0.1) is 0 Å². The summed E-state index contributed by atoms with van der Waals surface area (Å²) in [6, 6.07) is 3.16. The summed E-state index contributed by atoms with van der Waals surface area (Å²) in [5.41, 5.74) is 6.24. The van der Waals surface area contributed by atoms with Crippen molar-refractivity contribution in [1.82, 2.24) is 10.3 Å². The normalized spacial score (nSPS) is 22.8. The summed E-state index contributed by atoms with van der Waals surface area (Å²) >= 11 is 1.90. The first-order valence-electron chi connectivity index (χ1n) is 6.40. The van der Waals surface area contributed by atoms with Crippen molar-refractivity contribution in [2.75, 3.05) is 12.3 Å². The highest BCUT2D eigenvalue weighted by molar-refractivity contribution is 8.00. The van der Waals surface area contributed by atoms with Crippen molar-refractivity contribution in [2.24, 2.45) is 10.9 Å². The maximum Gasteiger partial charge on any atom is 0.269 e. The third-order valence-electron chi connectivity index (χ3n) is 3.32. The number of oxime groups is 1. The SMILES string of the molecule is CC1(CNC(=O)c2ccc(/C(N)=N/O)cn2)CCCS1. The van der Waals surface area contributed by atoms with Crippen LogP contribution in [0, 0.1) is 0 Å². The van der Waals surface area contributed by atoms with Gasteiger partial charge in [0.25, 0.3) is 5.91 Å². The Labute approximate surface area is 121 Å². The standard InChI is InChI=1S/C13H18N4O2S/c1-13(5-2-6-20-13)8-16-12(18)10-4-3-9(7-15-10)11(14)17-19/h3-4,7,19H,2,5-6,8H2,1H3,(H2,14,17)(H,16,18). The second-order valence-corrected chi connectivity index (χ2v) is 6.68. The number of carbonyl (C=O) groups excluding carboxylic acids is 1. The lowest BCUT2D eigenvalue weighted by Crippen LogP contribution is -2.37. The zero-order valence-electron chi connectivity index (χ0n) is 11.3. The molecule has 108 valence electrons. The molecule has 0 radical (unpaired) electrons. The smallest absolute Gasteiger partial charge is 0.269 e. The number of nitrogens with zero attached hydrogens (tertiary/aromatic N) is 2. The molecule has 4 N–H and O–H groups in total. The minimum Gasteiger partial charge on any atom is -0.409 e. The molecular formula is C13H18N4O2S. The highest BCUT2D eigenvalue weighted by Gasteiger charge is 2.29. The second kappa shape index (κ2) is 6.13. The molecule has 0 spiro atoms. The first kappa shape index (κ1) is 14.6. The van der Waals surface area contributed by atoms with Gasteiger partial charge in [0.1, 0.15) is 5.69 Å². The third kappa shape index (κ3) is 3.41. The molecular weight excluding hydrogens is 276 g/mol. The molecule has 1 aromatic heterocycles. The monoisotopic (exact) mass is 294 g/mol. The van der Waals surface area contributed by atoms with Crippen LogP contribution in [0.3, 0.4) is 0 Å². The van der Waals surface area contributed by atoms with Crippen LogP contribution in [0.2, 0.25) is 0 Å². The molecule has 7 heteroatoms. The minimum absolute atomic E-state index is 0.0284. The van der Waals surface area contributed by atoms with Gasteiger partial charge >= 0.3 is 0 Å². The number of pyridine rings is 1. The molecule has 2 rings (SSSR count). The number of aromatic nitrogens is 1. The van der Waals surface area contributed by atoms with Crippen LogP contribution in [0.5, 0.6) is 0 Å². The summed E-state index contributed by atoms with van der Waals surface area (Å²) in [6.45, 7) is 2.81. The van der Waals surface area contributed by atoms with E-state index >= 15 is 0 Å². The van der Waals surface area contributed by atoms with Gasteiger partial charge in [0.2, 0.25) is 0 Å². The number of carbonyl (C=O) groups is 1. The molecule has 0 bridgehead atoms. The van der Waals surface area contributed by atoms with Gasteiger partial charge in [0, 0.05) is 23.1 Å². The summed E-state index contributed by atoms with van der Waals surface area (Å²) in [5.74, 6) is 0.920. The molecule has 1 saturated heterocycles. The third-order valence-corrected chi connectivity index (χ3v) is 4.86. The van der Waals surface area contributed by atoms with Gasteiger partial charge in [0.15, 0.2) is 5.84 Å². The number of rotatable bonds is 4. The molecule has 1 aromatic rings. The predicted molar refractivity (Wildman–Crippen MR) is 79.2 cm³/mol. The van der Waals surface area contributed by atoms with Crippen molar-refractivity contribution < 1.29 is 10.0 Å². The summed E-state index contributed by atoms with van der Waals surface area (Å²) in [6.07, 6.45) is 3.73. The fourth-order valence-corrected chi connectivity index (χ4v) is 3.32. The van der Waals surface area contributed by atoms with Gasteiger partial charge in [0.05, 0.1) is 0 Å². The van der Waals surface area contributed by atoms with E-state index < -0.39 is 0 Å². The Balaban J connectivity index is 1.95. The van der Waals surface area contributed by atoms with E-state index in [-0.39, 0.29) is 16.5 Å². The van der Waals surface area contributed by atoms with E-state index in [0.29, 0.717) is 17.8 Å². The van der Waals surface area contributed by atoms with Gasteiger partial charge in [-0.2, -0.15) is 11.8 Å². The molecule has 6 nitrogen and oxygen atoms in total. The number of hydrogen-bond acceptors (Lipinski definition) is 5. The Hall–Kier alpha value is -1.76. The number of nitrogens with two attached hydrogens (primary N) is 1. The largest absolute Gasteiger partial charge is 0.409 e. The number of amidine groups is 1. The van der Waals surface area contributed by atoms with E-state index in [4.69, 9.17) is 10.9 Å². The maximum atomic E-state index is 12.0. The van der Waals surface area contributed by atoms with Crippen molar-refractivity contribution in [1.29, 1.82) is 0 Å². The predicted octanol–water partition coefficient (Wildman–Crippen LogP) is 1.19. The number of thioether (sulfide) groups is 1. The lowest BCUT2D eigenvalue weighted by atomic mass is 10.1. The Morgan fingerprint density at radius 3 is 3.00 bits per heavy atom. The van der Waals surface area contributed by atoms with Gasteiger partial charge in [-0.05, 0) is 37.7 Å². The Morgan fingerprint density at radius 1 is 1.65 bits per heavy atom. The fourth-order valence-electron chi connectivity index (χ4n) is 2.07. The molecule has 1 amide bonds. The van der Waals surface area contributed by atoms with Crippen LogP contribution in [0.4, 0.5) is 0 Å². The topological polar surface area (TPSA) is 101 Å². The first-order chi connectivity index (χ1) is 9.54. The lowest BCUT2D eigenvalue weighted by Gasteiger charge is -2.22. The van der Waals surface area contributed by atoms with E-state index in [1.54, 1.807) is 12.1 Å². The van der Waals surface area contributed by atoms with Crippen molar-refractivity contribution in [3.8, 4) is 0 Å². The lowest BCUT2D eigenvalue weighted by molar-refractivity contribution is 0.0945. The fraction of sp³-hybridized carbons (Fsp3) is 0.462. The molecule has 1 aliphatic rings. The quantitative estimate of drug-likeness (QED) is 0.335. The highest BCUT2D eigenvalue weighted by Crippen LogP contribution is 2.36. The van der Waals surface area contributed by atoms with Gasteiger partial charge in [-0.3, -0.25) is 9.78 Å². The molecule has 1 aliphatic heterocycles. The van der Waals surface area contributed by atoms with Crippen LogP contribution in [-0.4, -0.2) is 39.0 Å². The van der Waals surface area contributed by atoms with E-state index in [9.17, 15) is 4.79 Å². The molecule has 1 atom stereocenters. The molecule has 1 unspecified atom stereocenters. The average molecular weight is 294 g/mol. The molecule has 0 saturated carbocycles. The molecule has 0 aliphatic carbocycles. The van der Waals surface area contributed by atoms with E-state index in [1.165, 1.54) is 12.6 Å². The molecule has 0 aromatic carbocycles. The van der Waals surface area contributed by atoms with Crippen molar-refractivity contribution in [2.45, 2.75) is 24.5 Å². The van der Waals surface area contributed by atoms with Crippen molar-refractivity contribution in [3.63, 3.8) is 0 Å².